The Morgan fingerprint density at radius 3 is 2.86 bits per heavy atom. The Kier molecular flexibility index (Phi) is 5.13. The Balaban J connectivity index is 1.66. The van der Waals surface area contributed by atoms with Crippen LogP contribution in [0.2, 0.25) is 5.15 Å². The molecule has 4 nitrogen and oxygen atoms in total. The highest BCUT2D eigenvalue weighted by atomic mass is 35.5. The van der Waals surface area contributed by atoms with Crippen molar-refractivity contribution in [3.63, 3.8) is 0 Å². The fourth-order valence-electron chi connectivity index (χ4n) is 2.90. The fraction of sp³-hybridized carbons (Fsp3) is 0.471. The molecule has 0 unspecified atom stereocenters. The highest BCUT2D eigenvalue weighted by Crippen LogP contribution is 2.25. The number of piperazine rings is 1. The van der Waals surface area contributed by atoms with Crippen molar-refractivity contribution in [1.82, 2.24) is 15.2 Å². The summed E-state index contributed by atoms with van der Waals surface area (Å²) in [6, 6.07) is 8.08. The van der Waals surface area contributed by atoms with Gasteiger partial charge in [0.15, 0.2) is 0 Å². The van der Waals surface area contributed by atoms with Gasteiger partial charge >= 0.3 is 0 Å². The van der Waals surface area contributed by atoms with Gasteiger partial charge in [-0.2, -0.15) is 0 Å². The lowest BCUT2D eigenvalue weighted by molar-refractivity contribution is 0.238. The Labute approximate surface area is 136 Å². The summed E-state index contributed by atoms with van der Waals surface area (Å²) >= 11 is 6.34. The predicted molar refractivity (Wildman–Crippen MR) is 90.9 cm³/mol. The number of pyridine rings is 1. The molecular formula is C17H22ClN3O. The van der Waals surface area contributed by atoms with Crippen molar-refractivity contribution in [3.05, 3.63) is 35.0 Å². The lowest BCUT2D eigenvalue weighted by atomic mass is 10.1. The van der Waals surface area contributed by atoms with E-state index in [2.05, 4.69) is 21.3 Å². The number of halogens is 1. The maximum Gasteiger partial charge on any atom is 0.132 e. The zero-order chi connectivity index (χ0) is 15.4. The number of nitrogens with zero attached hydrogens (tertiary/aromatic N) is 2. The van der Waals surface area contributed by atoms with Gasteiger partial charge in [0.1, 0.15) is 10.9 Å². The van der Waals surface area contributed by atoms with Gasteiger partial charge in [-0.1, -0.05) is 11.6 Å². The van der Waals surface area contributed by atoms with Gasteiger partial charge in [-0.3, -0.25) is 0 Å². The number of fused-ring (bicyclic) bond motifs is 1. The first kappa shape index (κ1) is 15.5. The van der Waals surface area contributed by atoms with E-state index in [-0.39, 0.29) is 0 Å². The van der Waals surface area contributed by atoms with Gasteiger partial charge in [0, 0.05) is 37.6 Å². The Bertz CT molecular complexity index is 641. The number of methoxy groups -OCH3 is 1. The average molecular weight is 320 g/mol. The summed E-state index contributed by atoms with van der Waals surface area (Å²) in [5.74, 6) is 0.808. The number of aromatic nitrogens is 1. The topological polar surface area (TPSA) is 37.4 Å². The Morgan fingerprint density at radius 2 is 2.09 bits per heavy atom. The standard InChI is InChI=1S/C17H22ClN3O/c1-22-15-5-4-13-11-14(17(18)20-16(13)12-15)3-2-8-21-9-6-19-7-10-21/h4-5,11-12,19H,2-3,6-10H2,1H3. The van der Waals surface area contributed by atoms with Gasteiger partial charge in [-0.05, 0) is 43.1 Å². The van der Waals surface area contributed by atoms with Crippen molar-refractivity contribution in [2.45, 2.75) is 12.8 Å². The molecule has 2 heterocycles. The van der Waals surface area contributed by atoms with Crippen molar-refractivity contribution in [3.8, 4) is 5.75 Å². The van der Waals surface area contributed by atoms with Gasteiger partial charge < -0.3 is 15.0 Å². The molecule has 1 aromatic carbocycles. The van der Waals surface area contributed by atoms with Crippen molar-refractivity contribution >= 4 is 22.5 Å². The molecule has 22 heavy (non-hydrogen) atoms. The lowest BCUT2D eigenvalue weighted by Crippen LogP contribution is -2.43. The smallest absolute Gasteiger partial charge is 0.132 e. The van der Waals surface area contributed by atoms with E-state index in [9.17, 15) is 0 Å². The molecule has 5 heteroatoms. The molecule has 0 radical (unpaired) electrons. The highest BCUT2D eigenvalue weighted by Gasteiger charge is 2.10. The molecule has 1 aliphatic heterocycles. The third kappa shape index (κ3) is 3.69. The molecule has 0 aliphatic carbocycles. The van der Waals surface area contributed by atoms with E-state index in [1.807, 2.05) is 18.2 Å². The van der Waals surface area contributed by atoms with Crippen LogP contribution in [0.1, 0.15) is 12.0 Å². The van der Waals surface area contributed by atoms with Crippen LogP contribution < -0.4 is 10.1 Å². The van der Waals surface area contributed by atoms with E-state index in [1.54, 1.807) is 7.11 Å². The van der Waals surface area contributed by atoms with Crippen LogP contribution in [-0.4, -0.2) is 49.7 Å². The first-order chi connectivity index (χ1) is 10.8. The molecule has 0 amide bonds. The highest BCUT2D eigenvalue weighted by molar-refractivity contribution is 6.30. The molecule has 0 saturated carbocycles. The lowest BCUT2D eigenvalue weighted by Gasteiger charge is -2.27. The van der Waals surface area contributed by atoms with Crippen LogP contribution in [0, 0.1) is 0 Å². The number of aryl methyl sites for hydroxylation is 1. The zero-order valence-corrected chi connectivity index (χ0v) is 13.7. The molecule has 0 spiro atoms. The summed E-state index contributed by atoms with van der Waals surface area (Å²) in [5.41, 5.74) is 2.02. The van der Waals surface area contributed by atoms with E-state index in [4.69, 9.17) is 16.3 Å². The van der Waals surface area contributed by atoms with E-state index in [0.717, 1.165) is 67.8 Å². The summed E-state index contributed by atoms with van der Waals surface area (Å²) in [7, 11) is 1.66. The van der Waals surface area contributed by atoms with Crippen LogP contribution in [0.15, 0.2) is 24.3 Å². The number of ether oxygens (including phenoxy) is 1. The maximum atomic E-state index is 6.34. The summed E-state index contributed by atoms with van der Waals surface area (Å²) in [6.45, 7) is 5.60. The van der Waals surface area contributed by atoms with Crippen LogP contribution in [0.5, 0.6) is 5.75 Å². The summed E-state index contributed by atoms with van der Waals surface area (Å²) in [6.07, 6.45) is 2.08. The quantitative estimate of drug-likeness (QED) is 0.860. The minimum Gasteiger partial charge on any atom is -0.497 e. The van der Waals surface area contributed by atoms with E-state index < -0.39 is 0 Å². The second-order valence-electron chi connectivity index (χ2n) is 5.69. The van der Waals surface area contributed by atoms with E-state index >= 15 is 0 Å². The average Bonchev–Trinajstić information content (AvgIpc) is 2.56. The molecule has 1 fully saturated rings. The number of nitrogens with one attached hydrogen (secondary N) is 1. The van der Waals surface area contributed by atoms with Crippen molar-refractivity contribution in [1.29, 1.82) is 0 Å². The first-order valence-corrected chi connectivity index (χ1v) is 8.20. The fourth-order valence-corrected chi connectivity index (χ4v) is 3.14. The third-order valence-electron chi connectivity index (χ3n) is 4.18. The molecule has 118 valence electrons. The van der Waals surface area contributed by atoms with E-state index in [0.29, 0.717) is 5.15 Å². The number of rotatable bonds is 5. The number of hydrogen-bond acceptors (Lipinski definition) is 4. The normalized spacial score (nSPS) is 16.1. The summed E-state index contributed by atoms with van der Waals surface area (Å²) in [5, 5.41) is 5.10. The first-order valence-electron chi connectivity index (χ1n) is 7.82. The van der Waals surface area contributed by atoms with Gasteiger partial charge in [-0.15, -0.1) is 0 Å². The molecule has 0 atom stereocenters. The molecule has 1 aromatic heterocycles. The van der Waals surface area contributed by atoms with Gasteiger partial charge in [0.2, 0.25) is 0 Å². The Hall–Kier alpha value is -1.36. The minimum absolute atomic E-state index is 0.612. The molecule has 0 bridgehead atoms. The molecule has 1 saturated heterocycles. The second-order valence-corrected chi connectivity index (χ2v) is 6.05. The second kappa shape index (κ2) is 7.27. The van der Waals surface area contributed by atoms with Gasteiger partial charge in [0.05, 0.1) is 12.6 Å². The maximum absolute atomic E-state index is 6.34. The van der Waals surface area contributed by atoms with Gasteiger partial charge in [0.25, 0.3) is 0 Å². The van der Waals surface area contributed by atoms with Crippen LogP contribution in [-0.2, 0) is 6.42 Å². The minimum atomic E-state index is 0.612. The SMILES string of the molecule is COc1ccc2cc(CCCN3CCNCC3)c(Cl)nc2c1. The predicted octanol–water partition coefficient (Wildman–Crippen LogP) is 2.73. The van der Waals surface area contributed by atoms with Crippen LogP contribution >= 0.6 is 11.6 Å². The van der Waals surface area contributed by atoms with Gasteiger partial charge in [-0.25, -0.2) is 4.98 Å². The third-order valence-corrected chi connectivity index (χ3v) is 4.51. The van der Waals surface area contributed by atoms with Crippen molar-refractivity contribution in [2.24, 2.45) is 0 Å². The monoisotopic (exact) mass is 319 g/mol. The largest absolute Gasteiger partial charge is 0.497 e. The molecule has 2 aromatic rings. The summed E-state index contributed by atoms with van der Waals surface area (Å²) in [4.78, 5) is 7.02. The number of hydrogen-bond donors (Lipinski definition) is 1. The van der Waals surface area contributed by atoms with Crippen molar-refractivity contribution < 1.29 is 4.74 Å². The van der Waals surface area contributed by atoms with Crippen LogP contribution in [0.3, 0.4) is 0 Å². The molecular weight excluding hydrogens is 298 g/mol. The Morgan fingerprint density at radius 1 is 1.27 bits per heavy atom. The number of benzene rings is 1. The molecule has 1 aliphatic rings. The summed E-state index contributed by atoms with van der Waals surface area (Å²) < 4.78 is 5.23. The van der Waals surface area contributed by atoms with Crippen molar-refractivity contribution in [2.75, 3.05) is 39.8 Å². The van der Waals surface area contributed by atoms with Crippen LogP contribution in [0.25, 0.3) is 10.9 Å². The van der Waals surface area contributed by atoms with E-state index in [1.165, 1.54) is 0 Å². The molecule has 1 N–H and O–H groups in total. The molecule has 3 rings (SSSR count). The zero-order valence-electron chi connectivity index (χ0n) is 12.9. The van der Waals surface area contributed by atoms with Crippen LogP contribution in [0.4, 0.5) is 0 Å².